The average Bonchev–Trinajstić information content (AvgIpc) is 2.46. The minimum Gasteiger partial charge on any atom is -0.355 e. The van der Waals surface area contributed by atoms with Gasteiger partial charge in [-0.1, -0.05) is 12.1 Å². The van der Waals surface area contributed by atoms with Crippen molar-refractivity contribution in [3.05, 3.63) is 64.2 Å². The number of nitrogens with zero attached hydrogens (tertiary/aromatic N) is 1. The Morgan fingerprint density at radius 2 is 1.65 bits per heavy atom. The van der Waals surface area contributed by atoms with E-state index in [2.05, 4.69) is 10.6 Å². The monoisotopic (exact) mass is 313 g/mol. The Kier molecular flexibility index (Phi) is 4.64. The number of nitro groups is 1. The molecule has 0 saturated carbocycles. The fourth-order valence-electron chi connectivity index (χ4n) is 2.02. The molecule has 0 aromatic heterocycles. The first-order valence-electron chi connectivity index (χ1n) is 7.19. The van der Waals surface area contributed by atoms with Crippen LogP contribution in [0.15, 0.2) is 48.5 Å². The summed E-state index contributed by atoms with van der Waals surface area (Å²) < 4.78 is 0. The molecule has 23 heavy (non-hydrogen) atoms. The number of hydrogen-bond acceptors (Lipinski definition) is 4. The lowest BCUT2D eigenvalue weighted by molar-refractivity contribution is -0.384. The van der Waals surface area contributed by atoms with E-state index in [1.165, 1.54) is 12.1 Å². The van der Waals surface area contributed by atoms with Crippen LogP contribution in [-0.4, -0.2) is 16.4 Å². The maximum atomic E-state index is 12.4. The number of amides is 1. The molecule has 0 heterocycles. The summed E-state index contributed by atoms with van der Waals surface area (Å²) in [4.78, 5) is 22.6. The Bertz CT molecular complexity index is 719. The van der Waals surface area contributed by atoms with E-state index in [0.29, 0.717) is 16.9 Å². The average molecular weight is 313 g/mol. The van der Waals surface area contributed by atoms with Gasteiger partial charge >= 0.3 is 0 Å². The molecule has 1 amide bonds. The van der Waals surface area contributed by atoms with Gasteiger partial charge < -0.3 is 10.6 Å². The first-order chi connectivity index (χ1) is 10.8. The molecule has 6 heteroatoms. The number of carbonyl (C=O) groups is 1. The van der Waals surface area contributed by atoms with E-state index in [1.807, 2.05) is 26.8 Å². The number of rotatable bonds is 4. The molecule has 0 saturated heterocycles. The van der Waals surface area contributed by atoms with Gasteiger partial charge in [0.25, 0.3) is 11.6 Å². The molecule has 0 aliphatic rings. The molecule has 0 fully saturated rings. The lowest BCUT2D eigenvalue weighted by atomic mass is 10.1. The summed E-state index contributed by atoms with van der Waals surface area (Å²) >= 11 is 0. The molecule has 2 aromatic rings. The summed E-state index contributed by atoms with van der Waals surface area (Å²) in [6, 6.07) is 13.2. The number of para-hydroxylation sites is 1. The SMILES string of the molecule is CC(C)(C)NC(=O)c1ccccc1Nc1ccc([N+](=O)[O-])cc1. The van der Waals surface area contributed by atoms with Crippen molar-refractivity contribution in [1.82, 2.24) is 5.32 Å². The summed E-state index contributed by atoms with van der Waals surface area (Å²) in [5.41, 5.74) is 1.52. The number of nitrogens with one attached hydrogen (secondary N) is 2. The van der Waals surface area contributed by atoms with Gasteiger partial charge in [0.15, 0.2) is 0 Å². The number of nitro benzene ring substituents is 1. The molecule has 0 aliphatic carbocycles. The summed E-state index contributed by atoms with van der Waals surface area (Å²) in [6.07, 6.45) is 0. The number of hydrogen-bond donors (Lipinski definition) is 2. The topological polar surface area (TPSA) is 84.3 Å². The highest BCUT2D eigenvalue weighted by Gasteiger charge is 2.17. The predicted octanol–water partition coefficient (Wildman–Crippen LogP) is 3.87. The van der Waals surface area contributed by atoms with Gasteiger partial charge in [-0.25, -0.2) is 0 Å². The molecule has 0 atom stereocenters. The quantitative estimate of drug-likeness (QED) is 0.663. The molecule has 120 valence electrons. The smallest absolute Gasteiger partial charge is 0.269 e. The van der Waals surface area contributed by atoms with Crippen LogP contribution in [-0.2, 0) is 0 Å². The maximum absolute atomic E-state index is 12.4. The third-order valence-electron chi connectivity index (χ3n) is 3.02. The highest BCUT2D eigenvalue weighted by atomic mass is 16.6. The van der Waals surface area contributed by atoms with Crippen molar-refractivity contribution in [2.24, 2.45) is 0 Å². The third kappa shape index (κ3) is 4.54. The van der Waals surface area contributed by atoms with E-state index >= 15 is 0 Å². The van der Waals surface area contributed by atoms with Gasteiger partial charge in [-0.2, -0.15) is 0 Å². The van der Waals surface area contributed by atoms with Gasteiger partial charge in [-0.15, -0.1) is 0 Å². The minimum absolute atomic E-state index is 0.0225. The minimum atomic E-state index is -0.450. The number of non-ortho nitro benzene ring substituents is 1. The fourth-order valence-corrected chi connectivity index (χ4v) is 2.02. The van der Waals surface area contributed by atoms with E-state index in [9.17, 15) is 14.9 Å². The Balaban J connectivity index is 2.23. The molecule has 0 aliphatic heterocycles. The molecule has 0 radical (unpaired) electrons. The van der Waals surface area contributed by atoms with Crippen LogP contribution in [0, 0.1) is 10.1 Å². The van der Waals surface area contributed by atoms with E-state index in [-0.39, 0.29) is 17.1 Å². The van der Waals surface area contributed by atoms with Crippen LogP contribution in [0.25, 0.3) is 0 Å². The van der Waals surface area contributed by atoms with E-state index in [4.69, 9.17) is 0 Å². The molecule has 0 spiro atoms. The summed E-state index contributed by atoms with van der Waals surface area (Å²) in [5.74, 6) is -0.178. The number of anilines is 2. The molecule has 6 nitrogen and oxygen atoms in total. The highest BCUT2D eigenvalue weighted by molar-refractivity contribution is 6.00. The van der Waals surface area contributed by atoms with Crippen LogP contribution in [0.4, 0.5) is 17.1 Å². The van der Waals surface area contributed by atoms with Crippen molar-refractivity contribution in [2.75, 3.05) is 5.32 Å². The van der Waals surface area contributed by atoms with Gasteiger partial charge in [0.05, 0.1) is 16.2 Å². The van der Waals surface area contributed by atoms with Crippen molar-refractivity contribution in [1.29, 1.82) is 0 Å². The van der Waals surface area contributed by atoms with Crippen molar-refractivity contribution < 1.29 is 9.72 Å². The van der Waals surface area contributed by atoms with E-state index in [0.717, 1.165) is 0 Å². The van der Waals surface area contributed by atoms with Crippen molar-refractivity contribution in [3.8, 4) is 0 Å². The Hall–Kier alpha value is -2.89. The van der Waals surface area contributed by atoms with Crippen LogP contribution in [0.2, 0.25) is 0 Å². The van der Waals surface area contributed by atoms with Gasteiger partial charge in [-0.05, 0) is 45.0 Å². The second kappa shape index (κ2) is 6.48. The Morgan fingerprint density at radius 3 is 2.22 bits per heavy atom. The van der Waals surface area contributed by atoms with Crippen LogP contribution >= 0.6 is 0 Å². The van der Waals surface area contributed by atoms with Crippen LogP contribution in [0.1, 0.15) is 31.1 Å². The van der Waals surface area contributed by atoms with Gasteiger partial charge in [0, 0.05) is 23.4 Å². The van der Waals surface area contributed by atoms with E-state index < -0.39 is 4.92 Å². The molecule has 0 unspecified atom stereocenters. The van der Waals surface area contributed by atoms with Gasteiger partial charge in [0.1, 0.15) is 0 Å². The van der Waals surface area contributed by atoms with Crippen molar-refractivity contribution in [3.63, 3.8) is 0 Å². The third-order valence-corrected chi connectivity index (χ3v) is 3.02. The van der Waals surface area contributed by atoms with Gasteiger partial charge in [0.2, 0.25) is 0 Å². The zero-order chi connectivity index (χ0) is 17.0. The summed E-state index contributed by atoms with van der Waals surface area (Å²) in [6.45, 7) is 5.74. The van der Waals surface area contributed by atoms with Crippen molar-refractivity contribution >= 4 is 23.0 Å². The molecule has 2 N–H and O–H groups in total. The number of benzene rings is 2. The summed E-state index contributed by atoms with van der Waals surface area (Å²) in [7, 11) is 0. The Morgan fingerprint density at radius 1 is 1.04 bits per heavy atom. The highest BCUT2D eigenvalue weighted by Crippen LogP contribution is 2.23. The summed E-state index contributed by atoms with van der Waals surface area (Å²) in [5, 5.41) is 16.7. The van der Waals surface area contributed by atoms with E-state index in [1.54, 1.807) is 30.3 Å². The predicted molar refractivity (Wildman–Crippen MR) is 90.0 cm³/mol. The normalized spacial score (nSPS) is 10.9. The van der Waals surface area contributed by atoms with Crippen molar-refractivity contribution in [2.45, 2.75) is 26.3 Å². The fraction of sp³-hybridized carbons (Fsp3) is 0.235. The van der Waals surface area contributed by atoms with Crippen LogP contribution < -0.4 is 10.6 Å². The van der Waals surface area contributed by atoms with Gasteiger partial charge in [-0.3, -0.25) is 14.9 Å². The zero-order valence-corrected chi connectivity index (χ0v) is 13.3. The van der Waals surface area contributed by atoms with Crippen LogP contribution in [0.3, 0.4) is 0 Å². The first kappa shape index (κ1) is 16.5. The second-order valence-corrected chi connectivity index (χ2v) is 6.18. The largest absolute Gasteiger partial charge is 0.355 e. The molecular formula is C17H19N3O3. The molecule has 0 bridgehead atoms. The zero-order valence-electron chi connectivity index (χ0n) is 13.3. The van der Waals surface area contributed by atoms with Crippen LogP contribution in [0.5, 0.6) is 0 Å². The molecule has 2 aromatic carbocycles. The molecular weight excluding hydrogens is 294 g/mol. The first-order valence-corrected chi connectivity index (χ1v) is 7.19. The Labute approximate surface area is 134 Å². The standard InChI is InChI=1S/C17H19N3O3/c1-17(2,3)19-16(21)14-6-4-5-7-15(14)18-12-8-10-13(11-9-12)20(22)23/h4-11,18H,1-3H3,(H,19,21). The lowest BCUT2D eigenvalue weighted by Gasteiger charge is -2.21. The number of carbonyl (C=O) groups excluding carboxylic acids is 1. The second-order valence-electron chi connectivity index (χ2n) is 6.18. The lowest BCUT2D eigenvalue weighted by Crippen LogP contribution is -2.40. The maximum Gasteiger partial charge on any atom is 0.269 e. The molecule has 2 rings (SSSR count).